The number of carbonyl (C=O) groups excluding carboxylic acids is 1. The topological polar surface area (TPSA) is 54.4 Å². The zero-order valence-corrected chi connectivity index (χ0v) is 11.7. The van der Waals surface area contributed by atoms with Gasteiger partial charge in [-0.25, -0.2) is 0 Å². The molecule has 0 saturated heterocycles. The highest BCUT2D eigenvalue weighted by Crippen LogP contribution is 2.30. The maximum absolute atomic E-state index is 12.3. The Hall–Kier alpha value is -2.10. The lowest BCUT2D eigenvalue weighted by atomic mass is 10.0. The number of benzene rings is 1. The van der Waals surface area contributed by atoms with Gasteiger partial charge in [0.2, 0.25) is 0 Å². The van der Waals surface area contributed by atoms with Crippen molar-refractivity contribution in [2.24, 2.45) is 4.99 Å². The van der Waals surface area contributed by atoms with Gasteiger partial charge < -0.3 is 9.72 Å². The van der Waals surface area contributed by atoms with Gasteiger partial charge in [0, 0.05) is 29.4 Å². The minimum absolute atomic E-state index is 0.119. The van der Waals surface area contributed by atoms with Gasteiger partial charge in [-0.15, -0.1) is 0 Å². The normalized spacial score (nSPS) is 18.1. The monoisotopic (exact) mass is 270 g/mol. The quantitative estimate of drug-likeness (QED) is 0.853. The number of esters is 1. The number of para-hydroxylation sites is 1. The third-order valence-corrected chi connectivity index (χ3v) is 3.51. The third kappa shape index (κ3) is 2.22. The average Bonchev–Trinajstić information content (AvgIpc) is 2.63. The Labute approximate surface area is 117 Å². The van der Waals surface area contributed by atoms with Crippen LogP contribution in [0, 0.1) is 0 Å². The molecule has 4 nitrogen and oxygen atoms in total. The first kappa shape index (κ1) is 12.9. The zero-order valence-electron chi connectivity index (χ0n) is 11.7. The van der Waals surface area contributed by atoms with E-state index in [9.17, 15) is 4.79 Å². The fraction of sp³-hybridized carbons (Fsp3) is 0.375. The Kier molecular flexibility index (Phi) is 3.30. The van der Waals surface area contributed by atoms with Crippen molar-refractivity contribution < 1.29 is 9.53 Å². The molecule has 20 heavy (non-hydrogen) atoms. The van der Waals surface area contributed by atoms with Crippen LogP contribution in [-0.2, 0) is 16.0 Å². The van der Waals surface area contributed by atoms with E-state index in [1.165, 1.54) is 10.9 Å². The van der Waals surface area contributed by atoms with Gasteiger partial charge in [-0.3, -0.25) is 9.79 Å². The molecule has 0 radical (unpaired) electrons. The van der Waals surface area contributed by atoms with Crippen molar-refractivity contribution in [3.8, 4) is 0 Å². The molecule has 0 saturated carbocycles. The highest BCUT2D eigenvalue weighted by molar-refractivity contribution is 5.99. The van der Waals surface area contributed by atoms with Gasteiger partial charge in [-0.05, 0) is 31.9 Å². The first-order valence-electron chi connectivity index (χ1n) is 6.96. The summed E-state index contributed by atoms with van der Waals surface area (Å²) < 4.78 is 5.35. The van der Waals surface area contributed by atoms with E-state index in [0.717, 1.165) is 17.6 Å². The van der Waals surface area contributed by atoms with E-state index >= 15 is 0 Å². The number of carbonyl (C=O) groups is 1. The molecule has 0 fully saturated rings. The number of aromatic amines is 1. The molecule has 0 spiro atoms. The second-order valence-corrected chi connectivity index (χ2v) is 5.33. The summed E-state index contributed by atoms with van der Waals surface area (Å²) in [6, 6.07) is 8.13. The smallest absolute Gasteiger partial charge is 0.320 e. The second kappa shape index (κ2) is 5.12. The van der Waals surface area contributed by atoms with Gasteiger partial charge in [0.15, 0.2) is 0 Å². The number of H-pyrrole nitrogens is 1. The van der Waals surface area contributed by atoms with Crippen molar-refractivity contribution >= 4 is 23.1 Å². The van der Waals surface area contributed by atoms with Crippen LogP contribution < -0.4 is 0 Å². The zero-order chi connectivity index (χ0) is 14.1. The summed E-state index contributed by atoms with van der Waals surface area (Å²) >= 11 is 0. The minimum Gasteiger partial charge on any atom is -0.462 e. The highest BCUT2D eigenvalue weighted by Gasteiger charge is 2.28. The Morgan fingerprint density at radius 2 is 2.20 bits per heavy atom. The number of aromatic nitrogens is 1. The number of fused-ring (bicyclic) bond motifs is 3. The predicted octanol–water partition coefficient (Wildman–Crippen LogP) is 2.83. The predicted molar refractivity (Wildman–Crippen MR) is 79.3 cm³/mol. The molecule has 104 valence electrons. The Morgan fingerprint density at radius 3 is 3.00 bits per heavy atom. The van der Waals surface area contributed by atoms with E-state index in [2.05, 4.69) is 16.0 Å². The standard InChI is InChI=1S/C16H18N2O2/c1-10(2)20-16(19)13-9-17-8-7-12-11-5-3-4-6-14(11)18-15(12)13/h3-6,9-10,13,18H,7-8H2,1-2H3. The largest absolute Gasteiger partial charge is 0.462 e. The van der Waals surface area contributed by atoms with Crippen molar-refractivity contribution in [1.82, 2.24) is 4.98 Å². The molecule has 2 aromatic rings. The minimum atomic E-state index is -0.428. The molecule has 0 bridgehead atoms. The fourth-order valence-corrected chi connectivity index (χ4v) is 2.67. The van der Waals surface area contributed by atoms with Crippen LogP contribution in [-0.4, -0.2) is 29.8 Å². The molecule has 1 aliphatic heterocycles. The van der Waals surface area contributed by atoms with Crippen LogP contribution in [0.25, 0.3) is 10.9 Å². The second-order valence-electron chi connectivity index (χ2n) is 5.33. The van der Waals surface area contributed by atoms with Gasteiger partial charge in [-0.1, -0.05) is 18.2 Å². The van der Waals surface area contributed by atoms with Gasteiger partial charge >= 0.3 is 5.97 Å². The molecular formula is C16H18N2O2. The number of nitrogens with zero attached hydrogens (tertiary/aromatic N) is 1. The van der Waals surface area contributed by atoms with Gasteiger partial charge in [0.1, 0.15) is 5.92 Å². The number of hydrogen-bond acceptors (Lipinski definition) is 3. The van der Waals surface area contributed by atoms with Crippen LogP contribution in [0.4, 0.5) is 0 Å². The summed E-state index contributed by atoms with van der Waals surface area (Å²) in [6.07, 6.45) is 2.44. The van der Waals surface area contributed by atoms with Crippen molar-refractivity contribution in [2.45, 2.75) is 32.3 Å². The van der Waals surface area contributed by atoms with E-state index < -0.39 is 5.92 Å². The first-order chi connectivity index (χ1) is 9.66. The summed E-state index contributed by atoms with van der Waals surface area (Å²) in [4.78, 5) is 20.0. The molecule has 1 aromatic heterocycles. The fourth-order valence-electron chi connectivity index (χ4n) is 2.67. The number of rotatable bonds is 2. The van der Waals surface area contributed by atoms with Crippen LogP contribution in [0.3, 0.4) is 0 Å². The van der Waals surface area contributed by atoms with Crippen molar-refractivity contribution in [3.05, 3.63) is 35.5 Å². The van der Waals surface area contributed by atoms with Crippen molar-refractivity contribution in [3.63, 3.8) is 0 Å². The molecule has 4 heteroatoms. The summed E-state index contributed by atoms with van der Waals surface area (Å²) in [5, 5.41) is 1.18. The number of aliphatic imine (C=N–C) groups is 1. The van der Waals surface area contributed by atoms with Gasteiger partial charge in [-0.2, -0.15) is 0 Å². The van der Waals surface area contributed by atoms with Crippen molar-refractivity contribution in [1.29, 1.82) is 0 Å². The van der Waals surface area contributed by atoms with Gasteiger partial charge in [0.05, 0.1) is 6.10 Å². The summed E-state index contributed by atoms with van der Waals surface area (Å²) in [7, 11) is 0. The Balaban J connectivity index is 2.08. The van der Waals surface area contributed by atoms with Gasteiger partial charge in [0.25, 0.3) is 0 Å². The highest BCUT2D eigenvalue weighted by atomic mass is 16.5. The van der Waals surface area contributed by atoms with Crippen LogP contribution in [0.5, 0.6) is 0 Å². The Bertz CT molecular complexity index is 670. The molecule has 2 heterocycles. The van der Waals surface area contributed by atoms with E-state index in [0.29, 0.717) is 6.54 Å². The summed E-state index contributed by atoms with van der Waals surface area (Å²) in [5.41, 5.74) is 3.18. The molecule has 1 unspecified atom stereocenters. The van der Waals surface area contributed by atoms with E-state index in [4.69, 9.17) is 4.74 Å². The number of nitrogens with one attached hydrogen (secondary N) is 1. The summed E-state index contributed by atoms with van der Waals surface area (Å²) in [5.74, 6) is -0.666. The SMILES string of the molecule is CC(C)OC(=O)C1C=NCCc2c1[nH]c1ccccc21. The van der Waals surface area contributed by atoms with Crippen LogP contribution in [0.1, 0.15) is 31.0 Å². The molecule has 1 aromatic carbocycles. The molecular weight excluding hydrogens is 252 g/mol. The molecule has 1 aliphatic rings. The molecule has 1 atom stereocenters. The van der Waals surface area contributed by atoms with Crippen LogP contribution in [0.2, 0.25) is 0 Å². The lowest BCUT2D eigenvalue weighted by Gasteiger charge is -2.13. The number of hydrogen-bond donors (Lipinski definition) is 1. The molecule has 1 N–H and O–H groups in total. The average molecular weight is 270 g/mol. The van der Waals surface area contributed by atoms with E-state index in [1.54, 1.807) is 6.21 Å². The van der Waals surface area contributed by atoms with Crippen LogP contribution >= 0.6 is 0 Å². The van der Waals surface area contributed by atoms with E-state index in [1.807, 2.05) is 32.0 Å². The molecule has 0 aliphatic carbocycles. The van der Waals surface area contributed by atoms with E-state index in [-0.39, 0.29) is 12.1 Å². The maximum Gasteiger partial charge on any atom is 0.320 e. The van der Waals surface area contributed by atoms with Crippen LogP contribution in [0.15, 0.2) is 29.3 Å². The maximum atomic E-state index is 12.3. The lowest BCUT2D eigenvalue weighted by Crippen LogP contribution is -2.21. The lowest BCUT2D eigenvalue weighted by molar-refractivity contribution is -0.147. The first-order valence-corrected chi connectivity index (χ1v) is 6.96. The van der Waals surface area contributed by atoms with Crippen molar-refractivity contribution in [2.75, 3.05) is 6.54 Å². The Morgan fingerprint density at radius 1 is 1.40 bits per heavy atom. The summed E-state index contributed by atoms with van der Waals surface area (Å²) in [6.45, 7) is 4.43. The number of ether oxygens (including phenoxy) is 1. The molecule has 3 rings (SSSR count). The third-order valence-electron chi connectivity index (χ3n) is 3.51. The molecule has 0 amide bonds.